The van der Waals surface area contributed by atoms with Gasteiger partial charge in [0.2, 0.25) is 0 Å². The third-order valence-electron chi connectivity index (χ3n) is 5.25. The predicted molar refractivity (Wildman–Crippen MR) is 105 cm³/mol. The fourth-order valence-corrected chi connectivity index (χ4v) is 3.80. The molecule has 0 bridgehead atoms. The van der Waals surface area contributed by atoms with Crippen molar-refractivity contribution in [1.29, 1.82) is 0 Å². The molecule has 1 unspecified atom stereocenters. The van der Waals surface area contributed by atoms with E-state index in [0.29, 0.717) is 19.3 Å². The van der Waals surface area contributed by atoms with Crippen molar-refractivity contribution in [1.82, 2.24) is 0 Å². The van der Waals surface area contributed by atoms with Gasteiger partial charge in [0, 0.05) is 12.3 Å². The fraction of sp³-hybridized carbons (Fsp3) is 0.348. The summed E-state index contributed by atoms with van der Waals surface area (Å²) in [5, 5.41) is 9.40. The molecule has 3 rings (SSSR count). The zero-order valence-electron chi connectivity index (χ0n) is 15.7. The van der Waals surface area contributed by atoms with Crippen LogP contribution in [0.25, 0.3) is 11.1 Å². The molecule has 0 saturated carbocycles. The van der Waals surface area contributed by atoms with Gasteiger partial charge >= 0.3 is 11.9 Å². The molecule has 0 amide bonds. The van der Waals surface area contributed by atoms with Crippen LogP contribution in [0, 0.1) is 5.92 Å². The largest absolute Gasteiger partial charge is 0.481 e. The van der Waals surface area contributed by atoms with E-state index in [-0.39, 0.29) is 18.9 Å². The molecule has 1 aliphatic carbocycles. The van der Waals surface area contributed by atoms with Gasteiger partial charge < -0.3 is 14.6 Å². The number of unbranched alkanes of at least 4 members (excludes halogenated alkanes) is 3. The molecule has 146 valence electrons. The fourth-order valence-electron chi connectivity index (χ4n) is 3.80. The number of fused-ring (bicyclic) bond motifs is 3. The second kappa shape index (κ2) is 9.31. The monoisotopic (exact) mass is 380 g/mol. The number of rotatable bonds is 10. The minimum Gasteiger partial charge on any atom is -0.481 e. The average Bonchev–Trinajstić information content (AvgIpc) is 3.02. The number of carboxylic acids is 1. The van der Waals surface area contributed by atoms with Crippen LogP contribution in [0.5, 0.6) is 0 Å². The van der Waals surface area contributed by atoms with Crippen LogP contribution < -0.4 is 0 Å². The SMILES string of the molecule is O=CCCCCCC(C(=O)O)C(=O)OCC1c2ccccc2-c2ccccc21. The number of ether oxygens (including phenoxy) is 1. The molecular weight excluding hydrogens is 356 g/mol. The molecule has 0 fully saturated rings. The summed E-state index contributed by atoms with van der Waals surface area (Å²) in [7, 11) is 0. The van der Waals surface area contributed by atoms with E-state index in [1.807, 2.05) is 36.4 Å². The molecule has 5 heteroatoms. The molecule has 28 heavy (non-hydrogen) atoms. The Morgan fingerprint density at radius 2 is 1.57 bits per heavy atom. The molecule has 1 aliphatic rings. The first kappa shape index (κ1) is 19.8. The van der Waals surface area contributed by atoms with Crippen LogP contribution in [0.15, 0.2) is 48.5 Å². The molecule has 1 atom stereocenters. The minimum atomic E-state index is -1.16. The number of benzene rings is 2. The molecule has 5 nitrogen and oxygen atoms in total. The molecule has 1 N–H and O–H groups in total. The first-order valence-corrected chi connectivity index (χ1v) is 9.64. The van der Waals surface area contributed by atoms with Crippen molar-refractivity contribution in [3.8, 4) is 11.1 Å². The van der Waals surface area contributed by atoms with Crippen molar-refractivity contribution in [2.75, 3.05) is 6.61 Å². The highest BCUT2D eigenvalue weighted by Gasteiger charge is 2.32. The summed E-state index contributed by atoms with van der Waals surface area (Å²) < 4.78 is 5.47. The highest BCUT2D eigenvalue weighted by Crippen LogP contribution is 2.44. The lowest BCUT2D eigenvalue weighted by Gasteiger charge is -2.17. The average molecular weight is 380 g/mol. The Labute approximate surface area is 164 Å². The standard InChI is InChI=1S/C23H24O5/c24-14-8-2-1-3-13-20(22(25)26)23(27)28-15-21-18-11-6-4-9-16(18)17-10-5-7-12-19(17)21/h4-7,9-12,14,20-21H,1-3,8,13,15H2,(H,25,26). The number of esters is 1. The van der Waals surface area contributed by atoms with Crippen molar-refractivity contribution < 1.29 is 24.2 Å². The second-order valence-electron chi connectivity index (χ2n) is 7.05. The van der Waals surface area contributed by atoms with Crippen LogP contribution in [-0.2, 0) is 19.1 Å². The van der Waals surface area contributed by atoms with Crippen molar-refractivity contribution in [3.05, 3.63) is 59.7 Å². The smallest absolute Gasteiger partial charge is 0.320 e. The van der Waals surface area contributed by atoms with Gasteiger partial charge in [0.05, 0.1) is 0 Å². The Hall–Kier alpha value is -2.95. The van der Waals surface area contributed by atoms with Gasteiger partial charge in [0.25, 0.3) is 0 Å². The molecule has 2 aromatic rings. The molecule has 0 spiro atoms. The molecule has 0 radical (unpaired) electrons. The predicted octanol–water partition coefficient (Wildman–Crippen LogP) is 4.19. The van der Waals surface area contributed by atoms with Gasteiger partial charge in [0.1, 0.15) is 12.9 Å². The first-order valence-electron chi connectivity index (χ1n) is 9.64. The van der Waals surface area contributed by atoms with Gasteiger partial charge in [-0.15, -0.1) is 0 Å². The van der Waals surface area contributed by atoms with Crippen LogP contribution in [-0.4, -0.2) is 29.9 Å². The normalized spacial score (nSPS) is 13.4. The Bertz CT molecular complexity index is 812. The number of carboxylic acid groups (broad SMARTS) is 1. The summed E-state index contributed by atoms with van der Waals surface area (Å²) >= 11 is 0. The summed E-state index contributed by atoms with van der Waals surface area (Å²) in [6.45, 7) is 0.127. The van der Waals surface area contributed by atoms with Gasteiger partial charge in [-0.05, 0) is 35.1 Å². The molecule has 0 heterocycles. The number of aldehydes is 1. The summed E-state index contributed by atoms with van der Waals surface area (Å²) in [4.78, 5) is 34.3. The number of hydrogen-bond donors (Lipinski definition) is 1. The zero-order chi connectivity index (χ0) is 19.9. The highest BCUT2D eigenvalue weighted by atomic mass is 16.5. The number of hydrogen-bond acceptors (Lipinski definition) is 4. The highest BCUT2D eigenvalue weighted by molar-refractivity contribution is 5.94. The van der Waals surface area contributed by atoms with Crippen LogP contribution in [0.3, 0.4) is 0 Å². The van der Waals surface area contributed by atoms with E-state index in [1.165, 1.54) is 0 Å². The van der Waals surface area contributed by atoms with Gasteiger partial charge in [0.15, 0.2) is 5.92 Å². The Morgan fingerprint density at radius 1 is 0.964 bits per heavy atom. The van der Waals surface area contributed by atoms with Gasteiger partial charge in [-0.1, -0.05) is 61.4 Å². The zero-order valence-corrected chi connectivity index (χ0v) is 15.7. The number of carbonyl (C=O) groups excluding carboxylic acids is 2. The lowest BCUT2D eigenvalue weighted by molar-refractivity contribution is -0.159. The third-order valence-corrected chi connectivity index (χ3v) is 5.25. The molecular formula is C23H24O5. The van der Waals surface area contributed by atoms with E-state index >= 15 is 0 Å². The lowest BCUT2D eigenvalue weighted by atomic mass is 9.97. The quantitative estimate of drug-likeness (QED) is 0.289. The summed E-state index contributed by atoms with van der Waals surface area (Å²) in [6.07, 6.45) is 3.54. The summed E-state index contributed by atoms with van der Waals surface area (Å²) in [6, 6.07) is 16.0. The maximum atomic E-state index is 12.4. The summed E-state index contributed by atoms with van der Waals surface area (Å²) in [5.74, 6) is -3.10. The number of carbonyl (C=O) groups is 3. The van der Waals surface area contributed by atoms with Crippen molar-refractivity contribution in [3.63, 3.8) is 0 Å². The molecule has 2 aromatic carbocycles. The van der Waals surface area contributed by atoms with E-state index < -0.39 is 17.9 Å². The molecule has 0 aromatic heterocycles. The number of aliphatic carboxylic acids is 1. The van der Waals surface area contributed by atoms with E-state index in [9.17, 15) is 19.5 Å². The summed E-state index contributed by atoms with van der Waals surface area (Å²) in [5.41, 5.74) is 4.45. The van der Waals surface area contributed by atoms with E-state index in [4.69, 9.17) is 4.74 Å². The van der Waals surface area contributed by atoms with Gasteiger partial charge in [-0.2, -0.15) is 0 Å². The van der Waals surface area contributed by atoms with Crippen LogP contribution >= 0.6 is 0 Å². The maximum absolute atomic E-state index is 12.4. The van der Waals surface area contributed by atoms with Crippen LogP contribution in [0.2, 0.25) is 0 Å². The first-order chi connectivity index (χ1) is 13.6. The van der Waals surface area contributed by atoms with Crippen molar-refractivity contribution >= 4 is 18.2 Å². The Balaban J connectivity index is 1.64. The Morgan fingerprint density at radius 3 is 2.14 bits per heavy atom. The molecule has 0 saturated heterocycles. The minimum absolute atomic E-state index is 0.0848. The second-order valence-corrected chi connectivity index (χ2v) is 7.05. The van der Waals surface area contributed by atoms with Crippen LogP contribution in [0.4, 0.5) is 0 Å². The van der Waals surface area contributed by atoms with E-state index in [0.717, 1.165) is 35.0 Å². The van der Waals surface area contributed by atoms with Crippen LogP contribution in [0.1, 0.15) is 49.1 Å². The van der Waals surface area contributed by atoms with Gasteiger partial charge in [-0.25, -0.2) is 0 Å². The van der Waals surface area contributed by atoms with Gasteiger partial charge in [-0.3, -0.25) is 9.59 Å². The van der Waals surface area contributed by atoms with E-state index in [1.54, 1.807) is 0 Å². The van der Waals surface area contributed by atoms with E-state index in [2.05, 4.69) is 12.1 Å². The molecule has 0 aliphatic heterocycles. The Kier molecular flexibility index (Phi) is 6.58. The topological polar surface area (TPSA) is 80.7 Å². The van der Waals surface area contributed by atoms with Crippen molar-refractivity contribution in [2.45, 2.75) is 38.0 Å². The maximum Gasteiger partial charge on any atom is 0.320 e. The lowest BCUT2D eigenvalue weighted by Crippen LogP contribution is -2.27. The van der Waals surface area contributed by atoms with Crippen molar-refractivity contribution in [2.24, 2.45) is 5.92 Å². The third kappa shape index (κ3) is 4.30.